The molecule has 0 amide bonds. The highest BCUT2D eigenvalue weighted by Crippen LogP contribution is 1.93. The minimum Gasteiger partial charge on any atom is -0.244 e. The molecule has 0 saturated heterocycles. The Morgan fingerprint density at radius 2 is 2.38 bits per heavy atom. The van der Waals surface area contributed by atoms with Crippen molar-refractivity contribution >= 4 is 12.1 Å². The zero-order valence-corrected chi connectivity index (χ0v) is 5.55. The van der Waals surface area contributed by atoms with E-state index in [4.69, 9.17) is 0 Å². The molecule has 0 spiro atoms. The van der Waals surface area contributed by atoms with Gasteiger partial charge >= 0.3 is 5.84 Å². The summed E-state index contributed by atoms with van der Waals surface area (Å²) in [5.41, 5.74) is 0. The molecular formula is C6H11N2+. The maximum absolute atomic E-state index is 4.12. The van der Waals surface area contributed by atoms with Crippen LogP contribution in [0.4, 0.5) is 0 Å². The van der Waals surface area contributed by atoms with Crippen LogP contribution >= 0.6 is 0 Å². The van der Waals surface area contributed by atoms with Gasteiger partial charge in [-0.1, -0.05) is 0 Å². The lowest BCUT2D eigenvalue weighted by Crippen LogP contribution is -2.29. The lowest BCUT2D eigenvalue weighted by Gasteiger charge is -2.04. The van der Waals surface area contributed by atoms with Crippen LogP contribution in [0, 0.1) is 0 Å². The van der Waals surface area contributed by atoms with Gasteiger partial charge in [0.15, 0.2) is 6.04 Å². The molecule has 0 N–H and O–H groups in total. The molecule has 1 heterocycles. The van der Waals surface area contributed by atoms with Crippen molar-refractivity contribution in [2.45, 2.75) is 19.9 Å². The van der Waals surface area contributed by atoms with Crippen molar-refractivity contribution in [1.29, 1.82) is 0 Å². The van der Waals surface area contributed by atoms with Crippen LogP contribution in [-0.2, 0) is 0 Å². The average Bonchev–Trinajstić information content (AvgIpc) is 1.98. The number of nitrogens with zero attached hydrogens (tertiary/aromatic N) is 2. The fraction of sp³-hybridized carbons (Fsp3) is 0.667. The van der Waals surface area contributed by atoms with Crippen molar-refractivity contribution in [3.63, 3.8) is 0 Å². The number of amidine groups is 1. The van der Waals surface area contributed by atoms with Gasteiger partial charge in [0, 0.05) is 0 Å². The summed E-state index contributed by atoms with van der Waals surface area (Å²) in [4.78, 5) is 2.14. The molecule has 44 valence electrons. The molecule has 0 aromatic carbocycles. The number of rotatable bonds is 0. The highest BCUT2D eigenvalue weighted by atomic mass is 15.2. The minimum absolute atomic E-state index is 0.495. The standard InChI is InChI=1S/C6H11N2/c1-5-4-7-6(2)8(5)3/h4-5H,1-3H3/q+1. The largest absolute Gasteiger partial charge is 0.342 e. The number of hydrogen-bond donors (Lipinski definition) is 0. The third-order valence-electron chi connectivity index (χ3n) is 1.60. The van der Waals surface area contributed by atoms with Crippen LogP contribution in [0.1, 0.15) is 13.8 Å². The molecule has 1 atom stereocenters. The molecule has 0 radical (unpaired) electrons. The van der Waals surface area contributed by atoms with E-state index >= 15 is 0 Å². The second kappa shape index (κ2) is 1.64. The highest BCUT2D eigenvalue weighted by Gasteiger charge is 2.22. The smallest absolute Gasteiger partial charge is 0.244 e. The predicted octanol–water partition coefficient (Wildman–Crippen LogP) is -0.123. The van der Waals surface area contributed by atoms with E-state index < -0.39 is 0 Å². The van der Waals surface area contributed by atoms with Crippen molar-refractivity contribution in [2.75, 3.05) is 7.05 Å². The molecule has 0 aromatic heterocycles. The van der Waals surface area contributed by atoms with Gasteiger partial charge in [-0.3, -0.25) is 0 Å². The van der Waals surface area contributed by atoms with Crippen molar-refractivity contribution in [1.82, 2.24) is 9.57 Å². The molecule has 8 heavy (non-hydrogen) atoms. The first-order valence-electron chi connectivity index (χ1n) is 2.82. The first kappa shape index (κ1) is 5.39. The third-order valence-corrected chi connectivity index (χ3v) is 1.60. The summed E-state index contributed by atoms with van der Waals surface area (Å²) in [7, 11) is 2.05. The zero-order valence-electron chi connectivity index (χ0n) is 5.55. The quantitative estimate of drug-likeness (QED) is 0.398. The first-order valence-corrected chi connectivity index (χ1v) is 2.82. The summed E-state index contributed by atoms with van der Waals surface area (Å²) in [5.74, 6) is 1.11. The summed E-state index contributed by atoms with van der Waals surface area (Å²) in [6.45, 7) is 4.14. The Balaban J connectivity index is 2.73. The van der Waals surface area contributed by atoms with Crippen LogP contribution in [0.3, 0.4) is 0 Å². The van der Waals surface area contributed by atoms with Gasteiger partial charge in [-0.25, -0.2) is 9.57 Å². The predicted molar refractivity (Wildman–Crippen MR) is 36.1 cm³/mol. The van der Waals surface area contributed by atoms with E-state index in [1.54, 1.807) is 0 Å². The average molecular weight is 111 g/mol. The van der Waals surface area contributed by atoms with Crippen LogP contribution in [0.25, 0.3) is 0 Å². The second-order valence-electron chi connectivity index (χ2n) is 2.18. The van der Waals surface area contributed by atoms with Gasteiger partial charge in [0.1, 0.15) is 0 Å². The molecule has 1 aliphatic heterocycles. The second-order valence-corrected chi connectivity index (χ2v) is 2.18. The van der Waals surface area contributed by atoms with Crippen LogP contribution < -0.4 is 4.67 Å². The normalized spacial score (nSPS) is 26.6. The molecular weight excluding hydrogens is 100 g/mol. The van der Waals surface area contributed by atoms with Gasteiger partial charge < -0.3 is 0 Å². The summed E-state index contributed by atoms with van der Waals surface area (Å²) < 4.78 is 4.12. The van der Waals surface area contributed by atoms with E-state index in [9.17, 15) is 0 Å². The molecule has 0 aliphatic carbocycles. The Labute approximate surface area is 49.6 Å². The van der Waals surface area contributed by atoms with E-state index in [2.05, 4.69) is 16.5 Å². The molecule has 1 aliphatic rings. The summed E-state index contributed by atoms with van der Waals surface area (Å²) >= 11 is 0. The summed E-state index contributed by atoms with van der Waals surface area (Å²) in [6.07, 6.45) is 1.95. The molecule has 2 nitrogen and oxygen atoms in total. The van der Waals surface area contributed by atoms with E-state index in [0.29, 0.717) is 6.04 Å². The van der Waals surface area contributed by atoms with Gasteiger partial charge in [0.05, 0.1) is 14.0 Å². The van der Waals surface area contributed by atoms with E-state index in [1.165, 1.54) is 0 Å². The molecule has 2 heteroatoms. The van der Waals surface area contributed by atoms with Crippen molar-refractivity contribution in [3.05, 3.63) is 0 Å². The SMILES string of the molecule is CC1=[N+]=CC(C)N1C. The molecule has 0 aromatic rings. The van der Waals surface area contributed by atoms with Gasteiger partial charge in [-0.05, 0) is 6.92 Å². The Hall–Kier alpha value is -0.750. The Kier molecular flexibility index (Phi) is 1.10. The molecule has 1 rings (SSSR count). The van der Waals surface area contributed by atoms with E-state index in [1.807, 2.05) is 20.2 Å². The Morgan fingerprint density at radius 1 is 1.75 bits per heavy atom. The monoisotopic (exact) mass is 111 g/mol. The lowest BCUT2D eigenvalue weighted by molar-refractivity contribution is 0.490. The lowest BCUT2D eigenvalue weighted by atomic mass is 10.3. The first-order chi connectivity index (χ1) is 3.72. The minimum atomic E-state index is 0.495. The summed E-state index contributed by atoms with van der Waals surface area (Å²) in [5, 5.41) is 0. The number of hydrogen-bond acceptors (Lipinski definition) is 1. The van der Waals surface area contributed by atoms with E-state index in [-0.39, 0.29) is 0 Å². The van der Waals surface area contributed by atoms with Crippen LogP contribution in [0.5, 0.6) is 0 Å². The summed E-state index contributed by atoms with van der Waals surface area (Å²) in [6, 6.07) is 0.495. The van der Waals surface area contributed by atoms with Gasteiger partial charge in [0.2, 0.25) is 6.21 Å². The molecule has 1 unspecified atom stereocenters. The Morgan fingerprint density at radius 3 is 2.50 bits per heavy atom. The van der Waals surface area contributed by atoms with Crippen molar-refractivity contribution in [2.24, 2.45) is 0 Å². The van der Waals surface area contributed by atoms with Crippen LogP contribution in [0.2, 0.25) is 0 Å². The maximum atomic E-state index is 4.12. The van der Waals surface area contributed by atoms with Gasteiger partial charge in [-0.2, -0.15) is 0 Å². The highest BCUT2D eigenvalue weighted by molar-refractivity contribution is 5.89. The fourth-order valence-corrected chi connectivity index (χ4v) is 0.702. The van der Waals surface area contributed by atoms with Crippen molar-refractivity contribution in [3.8, 4) is 0 Å². The van der Waals surface area contributed by atoms with E-state index in [0.717, 1.165) is 5.84 Å². The van der Waals surface area contributed by atoms with Crippen molar-refractivity contribution < 1.29 is 0 Å². The van der Waals surface area contributed by atoms with Crippen LogP contribution in [-0.4, -0.2) is 30.0 Å². The maximum Gasteiger partial charge on any atom is 0.342 e. The zero-order chi connectivity index (χ0) is 6.15. The van der Waals surface area contributed by atoms with Gasteiger partial charge in [0.25, 0.3) is 0 Å². The third kappa shape index (κ3) is 0.632. The topological polar surface area (TPSA) is 17.3 Å². The molecule has 0 saturated carbocycles. The Bertz CT molecular complexity index is 154. The molecule has 0 fully saturated rings. The molecule has 0 bridgehead atoms. The fourth-order valence-electron chi connectivity index (χ4n) is 0.702. The van der Waals surface area contributed by atoms with Crippen LogP contribution in [0.15, 0.2) is 0 Å². The van der Waals surface area contributed by atoms with Gasteiger partial charge in [-0.15, -0.1) is 0 Å².